The van der Waals surface area contributed by atoms with Crippen molar-refractivity contribution < 1.29 is 13.6 Å². The van der Waals surface area contributed by atoms with Gasteiger partial charge in [0.1, 0.15) is 5.15 Å². The van der Waals surface area contributed by atoms with E-state index in [1.807, 2.05) is 0 Å². The summed E-state index contributed by atoms with van der Waals surface area (Å²) in [4.78, 5) is 32.0. The number of carbonyl (C=O) groups is 1. The fourth-order valence-electron chi connectivity index (χ4n) is 2.73. The van der Waals surface area contributed by atoms with Gasteiger partial charge in [0.15, 0.2) is 11.6 Å². The van der Waals surface area contributed by atoms with Gasteiger partial charge in [0.25, 0.3) is 5.56 Å². The first-order valence-corrected chi connectivity index (χ1v) is 8.32. The Balaban J connectivity index is 1.94. The molecule has 0 fully saturated rings. The Morgan fingerprint density at radius 2 is 2.07 bits per heavy atom. The minimum atomic E-state index is -1.22. The first-order valence-electron chi connectivity index (χ1n) is 7.94. The zero-order chi connectivity index (χ0) is 19.7. The zero-order valence-corrected chi connectivity index (χ0v) is 15.1. The molecule has 0 aliphatic rings. The van der Waals surface area contributed by atoms with E-state index in [1.165, 1.54) is 29.4 Å². The average Bonchev–Trinajstić information content (AvgIpc) is 2.63. The van der Waals surface area contributed by atoms with Gasteiger partial charge in [-0.15, -0.1) is 0 Å². The molecule has 0 saturated heterocycles. The normalized spacial score (nSPS) is 12.0. The van der Waals surface area contributed by atoms with Gasteiger partial charge in [-0.3, -0.25) is 4.79 Å². The summed E-state index contributed by atoms with van der Waals surface area (Å²) in [6.45, 7) is 1.70. The van der Waals surface area contributed by atoms with Gasteiger partial charge in [0.05, 0.1) is 11.4 Å². The SMILES string of the molecule is C[C@H](c1c[nH]c(=O)c2c(F)c(F)ccc12)N(C)C(=O)Nc1ccnc(Cl)c1. The number of benzene rings is 1. The molecule has 0 saturated carbocycles. The highest BCUT2D eigenvalue weighted by atomic mass is 35.5. The number of anilines is 1. The van der Waals surface area contributed by atoms with Gasteiger partial charge in [-0.05, 0) is 36.1 Å². The maximum Gasteiger partial charge on any atom is 0.322 e. The van der Waals surface area contributed by atoms with E-state index in [9.17, 15) is 18.4 Å². The van der Waals surface area contributed by atoms with Crippen molar-refractivity contribution in [1.82, 2.24) is 14.9 Å². The number of rotatable bonds is 3. The second kappa shape index (κ2) is 7.32. The predicted molar refractivity (Wildman–Crippen MR) is 98.9 cm³/mol. The number of amides is 2. The van der Waals surface area contributed by atoms with Crippen LogP contribution in [0.15, 0.2) is 41.5 Å². The Morgan fingerprint density at radius 1 is 1.33 bits per heavy atom. The van der Waals surface area contributed by atoms with E-state index in [4.69, 9.17) is 11.6 Å². The molecule has 1 atom stereocenters. The van der Waals surface area contributed by atoms with Crippen LogP contribution in [0.1, 0.15) is 18.5 Å². The Hall–Kier alpha value is -3.00. The molecule has 2 amide bonds. The molecule has 3 rings (SSSR count). The van der Waals surface area contributed by atoms with Gasteiger partial charge in [0.2, 0.25) is 0 Å². The number of carbonyl (C=O) groups excluding carboxylic acids is 1. The molecule has 0 unspecified atom stereocenters. The third kappa shape index (κ3) is 3.61. The molecule has 6 nitrogen and oxygen atoms in total. The van der Waals surface area contributed by atoms with Crippen molar-refractivity contribution in [3.63, 3.8) is 0 Å². The number of aromatic nitrogens is 2. The minimum Gasteiger partial charge on any atom is -0.328 e. The summed E-state index contributed by atoms with van der Waals surface area (Å²) in [6, 6.07) is 4.34. The number of aromatic amines is 1. The van der Waals surface area contributed by atoms with E-state index in [0.717, 1.165) is 6.07 Å². The van der Waals surface area contributed by atoms with Crippen LogP contribution >= 0.6 is 11.6 Å². The van der Waals surface area contributed by atoms with Crippen LogP contribution in [-0.4, -0.2) is 27.9 Å². The Kier molecular flexibility index (Phi) is 5.09. The standard InChI is InChI=1S/C18H15ClF2N4O2/c1-9(25(2)18(27)24-10-5-6-22-14(19)7-10)12-8-23-17(26)15-11(12)3-4-13(20)16(15)21/h3-9H,1-2H3,(H,23,26)(H,22,24,27)/t9-/m1/s1. The summed E-state index contributed by atoms with van der Waals surface area (Å²) >= 11 is 5.80. The van der Waals surface area contributed by atoms with E-state index in [2.05, 4.69) is 15.3 Å². The lowest BCUT2D eigenvalue weighted by Crippen LogP contribution is -2.34. The van der Waals surface area contributed by atoms with Gasteiger partial charge in [-0.25, -0.2) is 18.6 Å². The lowest BCUT2D eigenvalue weighted by molar-refractivity contribution is 0.208. The minimum absolute atomic E-state index is 0.229. The van der Waals surface area contributed by atoms with E-state index < -0.39 is 29.3 Å². The number of hydrogen-bond donors (Lipinski definition) is 2. The van der Waals surface area contributed by atoms with Crippen LogP contribution in [0.4, 0.5) is 19.3 Å². The number of nitrogens with one attached hydrogen (secondary N) is 2. The van der Waals surface area contributed by atoms with Gasteiger partial charge in [-0.1, -0.05) is 17.7 Å². The van der Waals surface area contributed by atoms with Crippen molar-refractivity contribution in [2.45, 2.75) is 13.0 Å². The summed E-state index contributed by atoms with van der Waals surface area (Å²) in [6.07, 6.45) is 2.84. The van der Waals surface area contributed by atoms with E-state index >= 15 is 0 Å². The van der Waals surface area contributed by atoms with Crippen molar-refractivity contribution in [1.29, 1.82) is 0 Å². The summed E-state index contributed by atoms with van der Waals surface area (Å²) in [5.41, 5.74) is 0.184. The largest absolute Gasteiger partial charge is 0.328 e. The van der Waals surface area contributed by atoms with E-state index in [-0.39, 0.29) is 15.9 Å². The molecule has 0 aliphatic heterocycles. The molecule has 3 aromatic rings. The lowest BCUT2D eigenvalue weighted by Gasteiger charge is -2.26. The molecular weight excluding hydrogens is 378 g/mol. The summed E-state index contributed by atoms with van der Waals surface area (Å²) in [7, 11) is 1.54. The van der Waals surface area contributed by atoms with Crippen molar-refractivity contribution >= 4 is 34.1 Å². The Labute approximate surface area is 157 Å². The maximum atomic E-state index is 14.1. The van der Waals surface area contributed by atoms with Crippen molar-refractivity contribution in [2.24, 2.45) is 0 Å². The summed E-state index contributed by atoms with van der Waals surface area (Å²) < 4.78 is 27.6. The van der Waals surface area contributed by atoms with Crippen LogP contribution in [0.3, 0.4) is 0 Å². The molecule has 0 aliphatic carbocycles. The number of hydrogen-bond acceptors (Lipinski definition) is 3. The topological polar surface area (TPSA) is 78.1 Å². The zero-order valence-electron chi connectivity index (χ0n) is 14.4. The van der Waals surface area contributed by atoms with Crippen molar-refractivity contribution in [3.8, 4) is 0 Å². The number of halogens is 3. The number of H-pyrrole nitrogens is 1. The highest BCUT2D eigenvalue weighted by Gasteiger charge is 2.22. The average molecular weight is 393 g/mol. The smallest absolute Gasteiger partial charge is 0.322 e. The predicted octanol–water partition coefficient (Wildman–Crippen LogP) is 4.08. The fraction of sp³-hybridized carbons (Fsp3) is 0.167. The van der Waals surface area contributed by atoms with Crippen LogP contribution in [0.2, 0.25) is 5.15 Å². The van der Waals surface area contributed by atoms with Gasteiger partial charge in [0, 0.05) is 25.1 Å². The van der Waals surface area contributed by atoms with Crippen LogP contribution < -0.4 is 10.9 Å². The van der Waals surface area contributed by atoms with Gasteiger partial charge in [-0.2, -0.15) is 0 Å². The second-order valence-electron chi connectivity index (χ2n) is 5.94. The van der Waals surface area contributed by atoms with Crippen LogP contribution in [0.5, 0.6) is 0 Å². The van der Waals surface area contributed by atoms with E-state index in [0.29, 0.717) is 11.3 Å². The quantitative estimate of drug-likeness (QED) is 0.659. The van der Waals surface area contributed by atoms with Gasteiger partial charge >= 0.3 is 6.03 Å². The Bertz CT molecular complexity index is 1090. The van der Waals surface area contributed by atoms with Crippen molar-refractivity contribution in [2.75, 3.05) is 12.4 Å². The molecule has 2 heterocycles. The lowest BCUT2D eigenvalue weighted by atomic mass is 10.0. The molecular formula is C18H15ClF2N4O2. The summed E-state index contributed by atoms with van der Waals surface area (Å²) in [5.74, 6) is -2.33. The maximum absolute atomic E-state index is 14.1. The molecule has 2 aromatic heterocycles. The molecule has 2 N–H and O–H groups in total. The van der Waals surface area contributed by atoms with Crippen LogP contribution in [-0.2, 0) is 0 Å². The van der Waals surface area contributed by atoms with Crippen LogP contribution in [0.25, 0.3) is 10.8 Å². The summed E-state index contributed by atoms with van der Waals surface area (Å²) in [5, 5.41) is 2.75. The monoisotopic (exact) mass is 392 g/mol. The number of pyridine rings is 2. The molecule has 0 radical (unpaired) electrons. The molecule has 0 spiro atoms. The molecule has 140 valence electrons. The highest BCUT2D eigenvalue weighted by Crippen LogP contribution is 2.27. The highest BCUT2D eigenvalue weighted by molar-refractivity contribution is 6.29. The third-order valence-corrected chi connectivity index (χ3v) is 4.53. The van der Waals surface area contributed by atoms with Crippen LogP contribution in [0, 0.1) is 11.6 Å². The number of urea groups is 1. The second-order valence-corrected chi connectivity index (χ2v) is 6.33. The number of nitrogens with zero attached hydrogens (tertiary/aromatic N) is 2. The Morgan fingerprint density at radius 3 is 2.78 bits per heavy atom. The fourth-order valence-corrected chi connectivity index (χ4v) is 2.90. The molecule has 9 heteroatoms. The first kappa shape index (κ1) is 18.8. The van der Waals surface area contributed by atoms with Gasteiger partial charge < -0.3 is 15.2 Å². The molecule has 0 bridgehead atoms. The van der Waals surface area contributed by atoms with E-state index in [1.54, 1.807) is 20.0 Å². The molecule has 27 heavy (non-hydrogen) atoms. The molecule has 1 aromatic carbocycles. The number of fused-ring (bicyclic) bond motifs is 1. The first-order chi connectivity index (χ1) is 12.8. The third-order valence-electron chi connectivity index (χ3n) is 4.32. The van der Waals surface area contributed by atoms with Crippen molar-refractivity contribution in [3.05, 3.63) is 69.4 Å².